The average Bonchev–Trinajstić information content (AvgIpc) is 2.97. The van der Waals surface area contributed by atoms with E-state index in [1.54, 1.807) is 59.4 Å². The number of aromatic carboxylic acids is 1. The number of pyridine rings is 3. The fourth-order valence-electron chi connectivity index (χ4n) is 4.58. The van der Waals surface area contributed by atoms with Crippen LogP contribution in [0.4, 0.5) is 16.3 Å². The third-order valence-corrected chi connectivity index (χ3v) is 6.72. The molecule has 5 N–H and O–H groups in total. The minimum absolute atomic E-state index is 0.125. The van der Waals surface area contributed by atoms with Gasteiger partial charge in [-0.05, 0) is 35.9 Å². The molecule has 0 unspecified atom stereocenters. The summed E-state index contributed by atoms with van der Waals surface area (Å²) in [6, 6.07) is 13.7. The number of benzene rings is 1. The second kappa shape index (κ2) is 11.9. The van der Waals surface area contributed by atoms with Gasteiger partial charge in [-0.25, -0.2) is 14.6 Å². The van der Waals surface area contributed by atoms with Crippen molar-refractivity contribution in [2.45, 2.75) is 13.1 Å². The first-order valence-corrected chi connectivity index (χ1v) is 12.8. The largest absolute Gasteiger partial charge is 0.477 e. The van der Waals surface area contributed by atoms with Crippen molar-refractivity contribution in [3.8, 4) is 11.3 Å². The van der Waals surface area contributed by atoms with Gasteiger partial charge in [-0.2, -0.15) is 0 Å². The standard InChI is InChI=1S/C28H29N7O5/c29-25-23(27(37)38)24(36)21-7-8-22(33-26(21)35(25)11-10-34-12-14-40-15-13-34)19-3-5-20(6-4-19)32-28(39)31-17-18-2-1-9-30-16-18/h1-9,16H,10-15,17,29H2,(H,37,38)(H2,31,32,39). The minimum Gasteiger partial charge on any atom is -0.477 e. The Morgan fingerprint density at radius 3 is 2.52 bits per heavy atom. The van der Waals surface area contributed by atoms with E-state index in [0.29, 0.717) is 49.9 Å². The van der Waals surface area contributed by atoms with E-state index >= 15 is 0 Å². The van der Waals surface area contributed by atoms with Gasteiger partial charge in [0, 0.05) is 56.4 Å². The van der Waals surface area contributed by atoms with E-state index in [4.69, 9.17) is 15.5 Å². The van der Waals surface area contributed by atoms with E-state index in [2.05, 4.69) is 20.5 Å². The van der Waals surface area contributed by atoms with Crippen LogP contribution in [-0.2, 0) is 17.8 Å². The zero-order chi connectivity index (χ0) is 28.1. The maximum Gasteiger partial charge on any atom is 0.343 e. The molecule has 0 radical (unpaired) electrons. The van der Waals surface area contributed by atoms with Gasteiger partial charge in [0.1, 0.15) is 17.0 Å². The molecule has 1 aliphatic rings. The molecule has 12 nitrogen and oxygen atoms in total. The van der Waals surface area contributed by atoms with Gasteiger partial charge >= 0.3 is 12.0 Å². The normalized spacial score (nSPS) is 13.7. The van der Waals surface area contributed by atoms with E-state index in [-0.39, 0.29) is 17.2 Å². The first-order chi connectivity index (χ1) is 19.4. The molecule has 2 amide bonds. The monoisotopic (exact) mass is 543 g/mol. The van der Waals surface area contributed by atoms with Gasteiger partial charge in [0.2, 0.25) is 5.43 Å². The van der Waals surface area contributed by atoms with Crippen LogP contribution >= 0.6 is 0 Å². The number of ether oxygens (including phenoxy) is 1. The molecule has 4 aromatic rings. The third-order valence-electron chi connectivity index (χ3n) is 6.72. The topological polar surface area (TPSA) is 165 Å². The van der Waals surface area contributed by atoms with Crippen LogP contribution in [0.25, 0.3) is 22.3 Å². The zero-order valence-electron chi connectivity index (χ0n) is 21.7. The van der Waals surface area contributed by atoms with Crippen molar-refractivity contribution in [2.24, 2.45) is 0 Å². The number of hydrogen-bond acceptors (Lipinski definition) is 8. The number of carboxylic acid groups (broad SMARTS) is 1. The average molecular weight is 544 g/mol. The Kier molecular flexibility index (Phi) is 7.99. The molecule has 0 bridgehead atoms. The Labute approximate surface area is 229 Å². The van der Waals surface area contributed by atoms with Crippen molar-refractivity contribution in [2.75, 3.05) is 43.9 Å². The molecule has 0 aliphatic carbocycles. The second-order valence-corrected chi connectivity index (χ2v) is 9.31. The first kappa shape index (κ1) is 26.8. The van der Waals surface area contributed by atoms with Gasteiger partial charge in [0.25, 0.3) is 0 Å². The van der Waals surface area contributed by atoms with Crippen LogP contribution in [0.5, 0.6) is 0 Å². The molecule has 206 valence electrons. The summed E-state index contributed by atoms with van der Waals surface area (Å²) < 4.78 is 7.00. The van der Waals surface area contributed by atoms with Crippen molar-refractivity contribution in [1.29, 1.82) is 0 Å². The number of urea groups is 1. The number of nitrogen functional groups attached to an aromatic ring is 1. The van der Waals surface area contributed by atoms with Crippen LogP contribution < -0.4 is 21.8 Å². The number of nitrogens with zero attached hydrogens (tertiary/aromatic N) is 4. The van der Waals surface area contributed by atoms with E-state index in [0.717, 1.165) is 24.2 Å². The fraction of sp³-hybridized carbons (Fsp3) is 0.250. The Hall–Kier alpha value is -4.81. The van der Waals surface area contributed by atoms with Crippen LogP contribution in [0, 0.1) is 0 Å². The number of aromatic nitrogens is 3. The number of carboxylic acids is 1. The van der Waals surface area contributed by atoms with Crippen LogP contribution in [0.1, 0.15) is 15.9 Å². The van der Waals surface area contributed by atoms with Gasteiger partial charge in [-0.15, -0.1) is 0 Å². The van der Waals surface area contributed by atoms with Gasteiger partial charge in [0.15, 0.2) is 0 Å². The summed E-state index contributed by atoms with van der Waals surface area (Å²) in [6.07, 6.45) is 3.35. The molecule has 0 saturated carbocycles. The lowest BCUT2D eigenvalue weighted by Crippen LogP contribution is -2.38. The number of carbonyl (C=O) groups is 2. The molecule has 5 rings (SSSR count). The van der Waals surface area contributed by atoms with E-state index in [9.17, 15) is 19.5 Å². The minimum atomic E-state index is -1.37. The number of rotatable bonds is 8. The van der Waals surface area contributed by atoms with Crippen molar-refractivity contribution in [1.82, 2.24) is 24.8 Å². The van der Waals surface area contributed by atoms with Gasteiger partial charge < -0.3 is 30.8 Å². The lowest BCUT2D eigenvalue weighted by Gasteiger charge is -2.27. The fourth-order valence-corrected chi connectivity index (χ4v) is 4.58. The van der Waals surface area contributed by atoms with E-state index in [1.165, 1.54) is 0 Å². The number of fused-ring (bicyclic) bond motifs is 1. The summed E-state index contributed by atoms with van der Waals surface area (Å²) in [6.45, 7) is 4.06. The number of nitrogens with one attached hydrogen (secondary N) is 2. The number of nitrogens with two attached hydrogens (primary N) is 1. The van der Waals surface area contributed by atoms with Crippen molar-refractivity contribution < 1.29 is 19.4 Å². The molecule has 3 aromatic heterocycles. The van der Waals surface area contributed by atoms with E-state index < -0.39 is 17.0 Å². The quantitative estimate of drug-likeness (QED) is 0.261. The van der Waals surface area contributed by atoms with Crippen LogP contribution in [-0.4, -0.2) is 69.4 Å². The SMILES string of the molecule is Nc1c(C(=O)O)c(=O)c2ccc(-c3ccc(NC(=O)NCc4cccnc4)cc3)nc2n1CCN1CCOCC1. The number of carbonyl (C=O) groups excluding carboxylic acids is 1. The summed E-state index contributed by atoms with van der Waals surface area (Å²) in [5, 5.41) is 15.4. The number of anilines is 2. The van der Waals surface area contributed by atoms with Crippen molar-refractivity contribution >= 4 is 34.5 Å². The Bertz CT molecular complexity index is 1580. The lowest BCUT2D eigenvalue weighted by atomic mass is 10.1. The smallest absolute Gasteiger partial charge is 0.343 e. The number of hydrogen-bond donors (Lipinski definition) is 4. The molecule has 0 spiro atoms. The molecule has 4 heterocycles. The number of amides is 2. The summed E-state index contributed by atoms with van der Waals surface area (Å²) in [5.74, 6) is -1.50. The molecule has 1 saturated heterocycles. The summed E-state index contributed by atoms with van der Waals surface area (Å²) in [5.41, 5.74) is 8.21. The highest BCUT2D eigenvalue weighted by molar-refractivity contribution is 5.97. The Morgan fingerprint density at radius 2 is 1.82 bits per heavy atom. The van der Waals surface area contributed by atoms with Gasteiger partial charge in [-0.1, -0.05) is 18.2 Å². The molecule has 0 atom stereocenters. The summed E-state index contributed by atoms with van der Waals surface area (Å²) >= 11 is 0. The second-order valence-electron chi connectivity index (χ2n) is 9.31. The molecule has 1 aromatic carbocycles. The highest BCUT2D eigenvalue weighted by Gasteiger charge is 2.22. The van der Waals surface area contributed by atoms with Crippen molar-refractivity contribution in [3.05, 3.63) is 82.3 Å². The first-order valence-electron chi connectivity index (χ1n) is 12.8. The van der Waals surface area contributed by atoms with Gasteiger partial charge in [0.05, 0.1) is 24.3 Å². The van der Waals surface area contributed by atoms with Crippen molar-refractivity contribution in [3.63, 3.8) is 0 Å². The molecule has 1 aliphatic heterocycles. The maximum absolute atomic E-state index is 13.0. The molecule has 40 heavy (non-hydrogen) atoms. The zero-order valence-corrected chi connectivity index (χ0v) is 21.7. The van der Waals surface area contributed by atoms with Crippen LogP contribution in [0.2, 0.25) is 0 Å². The molecular formula is C28H29N7O5. The maximum atomic E-state index is 13.0. The Balaban J connectivity index is 1.38. The van der Waals surface area contributed by atoms with Gasteiger partial charge in [-0.3, -0.25) is 14.7 Å². The van der Waals surface area contributed by atoms with Crippen LogP contribution in [0.15, 0.2) is 65.7 Å². The molecule has 12 heteroatoms. The summed E-state index contributed by atoms with van der Waals surface area (Å²) in [7, 11) is 0. The lowest BCUT2D eigenvalue weighted by molar-refractivity contribution is 0.0365. The van der Waals surface area contributed by atoms with E-state index in [1.807, 2.05) is 6.07 Å². The molecular weight excluding hydrogens is 514 g/mol. The Morgan fingerprint density at radius 1 is 1.05 bits per heavy atom. The molecule has 1 fully saturated rings. The predicted octanol–water partition coefficient (Wildman–Crippen LogP) is 2.39. The van der Waals surface area contributed by atoms with Crippen LogP contribution in [0.3, 0.4) is 0 Å². The number of morpholine rings is 1. The predicted molar refractivity (Wildman–Crippen MR) is 150 cm³/mol. The highest BCUT2D eigenvalue weighted by atomic mass is 16.5. The highest BCUT2D eigenvalue weighted by Crippen LogP contribution is 2.24. The third kappa shape index (κ3) is 5.92. The summed E-state index contributed by atoms with van der Waals surface area (Å²) in [4.78, 5) is 48.1.